The largest absolute Gasteiger partial charge is 0.390 e. The molecule has 1 N–H and O–H groups in total. The van der Waals surface area contributed by atoms with Crippen LogP contribution in [0.4, 0.5) is 0 Å². The molecule has 2 heterocycles. The van der Waals surface area contributed by atoms with Gasteiger partial charge in [-0.25, -0.2) is 0 Å². The van der Waals surface area contributed by atoms with Crippen LogP contribution in [0.15, 0.2) is 0 Å². The van der Waals surface area contributed by atoms with Crippen LogP contribution in [0.5, 0.6) is 0 Å². The summed E-state index contributed by atoms with van der Waals surface area (Å²) in [4.78, 5) is 0. The van der Waals surface area contributed by atoms with Crippen molar-refractivity contribution >= 4 is 0 Å². The number of fused-ring (bicyclic) bond motifs is 1. The first-order valence-corrected chi connectivity index (χ1v) is 5.21. The molecular formula is C10H18O4. The van der Waals surface area contributed by atoms with E-state index >= 15 is 0 Å². The van der Waals surface area contributed by atoms with Crippen LogP contribution in [0.25, 0.3) is 0 Å². The summed E-state index contributed by atoms with van der Waals surface area (Å²) in [5.74, 6) is -0.544. The summed E-state index contributed by atoms with van der Waals surface area (Å²) < 4.78 is 16.8. The monoisotopic (exact) mass is 202 g/mol. The van der Waals surface area contributed by atoms with Gasteiger partial charge >= 0.3 is 0 Å². The lowest BCUT2D eigenvalue weighted by molar-refractivity contribution is -0.214. The molecule has 0 aromatic heterocycles. The number of hydrogen-bond acceptors (Lipinski definition) is 4. The highest BCUT2D eigenvalue weighted by Gasteiger charge is 2.49. The van der Waals surface area contributed by atoms with Crippen LogP contribution in [0.3, 0.4) is 0 Å². The lowest BCUT2D eigenvalue weighted by atomic mass is 10.1. The molecule has 2 saturated heterocycles. The van der Waals surface area contributed by atoms with E-state index in [1.54, 1.807) is 0 Å². The third kappa shape index (κ3) is 1.80. The summed E-state index contributed by atoms with van der Waals surface area (Å²) in [6, 6.07) is 0. The molecule has 0 aliphatic carbocycles. The maximum Gasteiger partial charge on any atom is 0.187 e. The third-order valence-corrected chi connectivity index (χ3v) is 2.76. The van der Waals surface area contributed by atoms with E-state index in [0.29, 0.717) is 6.42 Å². The number of aliphatic hydroxyl groups excluding tert-OH is 1. The van der Waals surface area contributed by atoms with Crippen LogP contribution >= 0.6 is 0 Å². The highest BCUT2D eigenvalue weighted by Crippen LogP contribution is 2.38. The van der Waals surface area contributed by atoms with E-state index in [1.807, 2.05) is 20.8 Å². The van der Waals surface area contributed by atoms with Gasteiger partial charge in [-0.15, -0.1) is 0 Å². The number of hydrogen-bond donors (Lipinski definition) is 1. The molecule has 2 aliphatic heterocycles. The first-order valence-electron chi connectivity index (χ1n) is 5.21. The van der Waals surface area contributed by atoms with Gasteiger partial charge in [-0.3, -0.25) is 0 Å². The zero-order chi connectivity index (χ0) is 10.3. The molecule has 82 valence electrons. The molecule has 0 aromatic carbocycles. The second-order valence-corrected chi connectivity index (χ2v) is 4.43. The van der Waals surface area contributed by atoms with Crippen molar-refractivity contribution in [1.29, 1.82) is 0 Å². The Morgan fingerprint density at radius 3 is 2.71 bits per heavy atom. The normalized spacial score (nSPS) is 42.4. The third-order valence-electron chi connectivity index (χ3n) is 2.76. The number of rotatable bonds is 2. The van der Waals surface area contributed by atoms with Gasteiger partial charge in [0, 0.05) is 6.42 Å². The molecule has 2 aliphatic rings. The van der Waals surface area contributed by atoms with E-state index in [-0.39, 0.29) is 18.5 Å². The molecule has 2 fully saturated rings. The van der Waals surface area contributed by atoms with Gasteiger partial charge in [-0.2, -0.15) is 0 Å². The topological polar surface area (TPSA) is 47.9 Å². The SMILES string of the molecule is CCC(O)C1CC2OC(C)(C)OC2O1. The molecule has 0 spiro atoms. The maximum absolute atomic E-state index is 9.61. The highest BCUT2D eigenvalue weighted by molar-refractivity contribution is 4.87. The molecule has 2 rings (SSSR count). The fraction of sp³-hybridized carbons (Fsp3) is 1.00. The smallest absolute Gasteiger partial charge is 0.187 e. The summed E-state index contributed by atoms with van der Waals surface area (Å²) in [6.45, 7) is 5.69. The first-order chi connectivity index (χ1) is 6.52. The summed E-state index contributed by atoms with van der Waals surface area (Å²) >= 11 is 0. The molecule has 4 nitrogen and oxygen atoms in total. The van der Waals surface area contributed by atoms with E-state index in [2.05, 4.69) is 0 Å². The predicted molar refractivity (Wildman–Crippen MR) is 49.6 cm³/mol. The van der Waals surface area contributed by atoms with E-state index in [9.17, 15) is 5.11 Å². The van der Waals surface area contributed by atoms with Crippen LogP contribution in [-0.2, 0) is 14.2 Å². The molecule has 0 bridgehead atoms. The minimum Gasteiger partial charge on any atom is -0.390 e. The second-order valence-electron chi connectivity index (χ2n) is 4.43. The molecule has 4 atom stereocenters. The number of aliphatic hydroxyl groups is 1. The average Bonchev–Trinajstić information content (AvgIpc) is 2.56. The fourth-order valence-corrected chi connectivity index (χ4v) is 2.05. The summed E-state index contributed by atoms with van der Waals surface area (Å²) in [6.07, 6.45) is 0.575. The van der Waals surface area contributed by atoms with Crippen LogP contribution in [0.2, 0.25) is 0 Å². The Balaban J connectivity index is 1.93. The molecule has 4 unspecified atom stereocenters. The Morgan fingerprint density at radius 2 is 2.14 bits per heavy atom. The molecule has 4 heteroatoms. The molecule has 0 saturated carbocycles. The zero-order valence-corrected chi connectivity index (χ0v) is 8.90. The Bertz CT molecular complexity index is 200. The van der Waals surface area contributed by atoms with Crippen LogP contribution in [0, 0.1) is 0 Å². The minimum atomic E-state index is -0.544. The molecular weight excluding hydrogens is 184 g/mol. The summed E-state index contributed by atoms with van der Waals surface area (Å²) in [5.41, 5.74) is 0. The second kappa shape index (κ2) is 3.45. The lowest BCUT2D eigenvalue weighted by Gasteiger charge is -2.22. The maximum atomic E-state index is 9.61. The van der Waals surface area contributed by atoms with Crippen LogP contribution in [0.1, 0.15) is 33.6 Å². The Kier molecular flexibility index (Phi) is 2.55. The van der Waals surface area contributed by atoms with Crippen LogP contribution < -0.4 is 0 Å². The standard InChI is InChI=1S/C10H18O4/c1-4-6(11)7-5-8-9(12-7)14-10(2,3)13-8/h6-9,11H,4-5H2,1-3H3. The molecule has 0 radical (unpaired) electrons. The van der Waals surface area contributed by atoms with Gasteiger partial charge in [0.1, 0.15) is 6.10 Å². The van der Waals surface area contributed by atoms with Gasteiger partial charge in [-0.05, 0) is 20.3 Å². The van der Waals surface area contributed by atoms with Crippen molar-refractivity contribution in [2.24, 2.45) is 0 Å². The quantitative estimate of drug-likeness (QED) is 0.726. The van der Waals surface area contributed by atoms with Crippen LogP contribution in [-0.4, -0.2) is 35.5 Å². The van der Waals surface area contributed by atoms with E-state index in [0.717, 1.165) is 6.42 Å². The van der Waals surface area contributed by atoms with Crippen molar-refractivity contribution in [2.45, 2.75) is 64.0 Å². The van der Waals surface area contributed by atoms with Gasteiger partial charge in [0.15, 0.2) is 12.1 Å². The summed E-state index contributed by atoms with van der Waals surface area (Å²) in [5, 5.41) is 9.61. The van der Waals surface area contributed by atoms with Gasteiger partial charge < -0.3 is 19.3 Å². The van der Waals surface area contributed by atoms with Crippen molar-refractivity contribution < 1.29 is 19.3 Å². The average molecular weight is 202 g/mol. The molecule has 0 amide bonds. The van der Waals surface area contributed by atoms with E-state index < -0.39 is 11.9 Å². The van der Waals surface area contributed by atoms with Gasteiger partial charge in [0.25, 0.3) is 0 Å². The Labute approximate surface area is 84.1 Å². The Morgan fingerprint density at radius 1 is 1.43 bits per heavy atom. The van der Waals surface area contributed by atoms with E-state index in [4.69, 9.17) is 14.2 Å². The number of ether oxygens (including phenoxy) is 3. The van der Waals surface area contributed by atoms with E-state index in [1.165, 1.54) is 0 Å². The van der Waals surface area contributed by atoms with Crippen molar-refractivity contribution in [2.75, 3.05) is 0 Å². The lowest BCUT2D eigenvalue weighted by Crippen LogP contribution is -2.30. The predicted octanol–water partition coefficient (Wildman–Crippen LogP) is 1.02. The summed E-state index contributed by atoms with van der Waals surface area (Å²) in [7, 11) is 0. The fourth-order valence-electron chi connectivity index (χ4n) is 2.05. The molecule has 14 heavy (non-hydrogen) atoms. The van der Waals surface area contributed by atoms with Crippen molar-refractivity contribution in [3.8, 4) is 0 Å². The van der Waals surface area contributed by atoms with Gasteiger partial charge in [-0.1, -0.05) is 6.92 Å². The van der Waals surface area contributed by atoms with Crippen molar-refractivity contribution in [3.05, 3.63) is 0 Å². The minimum absolute atomic E-state index is 0.0174. The molecule has 0 aromatic rings. The van der Waals surface area contributed by atoms with Gasteiger partial charge in [0.05, 0.1) is 12.2 Å². The highest BCUT2D eigenvalue weighted by atomic mass is 16.8. The van der Waals surface area contributed by atoms with Gasteiger partial charge in [0.2, 0.25) is 0 Å². The van der Waals surface area contributed by atoms with Crippen molar-refractivity contribution in [3.63, 3.8) is 0 Å². The zero-order valence-electron chi connectivity index (χ0n) is 8.90. The first kappa shape index (κ1) is 10.4. The Hall–Kier alpha value is -0.160. The van der Waals surface area contributed by atoms with Crippen molar-refractivity contribution in [1.82, 2.24) is 0 Å².